The number of aromatic nitrogens is 2. The Bertz CT molecular complexity index is 565. The van der Waals surface area contributed by atoms with Gasteiger partial charge in [-0.15, -0.1) is 0 Å². The molecule has 88 valence electrons. The summed E-state index contributed by atoms with van der Waals surface area (Å²) in [6, 6.07) is 4.78. The number of H-pyrrole nitrogens is 1. The van der Waals surface area contributed by atoms with Gasteiger partial charge in [-0.3, -0.25) is 5.10 Å². The van der Waals surface area contributed by atoms with Crippen molar-refractivity contribution < 1.29 is 14.6 Å². The van der Waals surface area contributed by atoms with Crippen LogP contribution in [-0.4, -0.2) is 28.5 Å². The molecule has 0 saturated carbocycles. The number of hydrogen-bond acceptors (Lipinski definition) is 5. The van der Waals surface area contributed by atoms with E-state index in [1.807, 2.05) is 0 Å². The minimum atomic E-state index is 0.109. The molecule has 0 unspecified atom stereocenters. The molecule has 1 aliphatic heterocycles. The Hall–Kier alpha value is -2.37. The summed E-state index contributed by atoms with van der Waals surface area (Å²) in [6.07, 6.45) is 0. The third kappa shape index (κ3) is 1.63. The summed E-state index contributed by atoms with van der Waals surface area (Å²) in [5, 5.41) is 16.3. The Kier molecular flexibility index (Phi) is 2.07. The molecule has 0 radical (unpaired) electrons. The predicted octanol–water partition coefficient (Wildman–Crippen LogP) is 1.14. The molecular weight excluding hydrogens is 222 g/mol. The zero-order valence-corrected chi connectivity index (χ0v) is 8.93. The van der Waals surface area contributed by atoms with Gasteiger partial charge in [-0.25, -0.2) is 0 Å². The average molecular weight is 233 g/mol. The van der Waals surface area contributed by atoms with E-state index in [4.69, 9.17) is 15.2 Å². The molecule has 4 N–H and O–H groups in total. The fourth-order valence-corrected chi connectivity index (χ4v) is 1.81. The van der Waals surface area contributed by atoms with Gasteiger partial charge >= 0.3 is 0 Å². The van der Waals surface area contributed by atoms with E-state index < -0.39 is 0 Å². The van der Waals surface area contributed by atoms with Crippen LogP contribution < -0.4 is 15.2 Å². The molecule has 0 fully saturated rings. The zero-order valence-electron chi connectivity index (χ0n) is 8.93. The Morgan fingerprint density at radius 3 is 2.82 bits per heavy atom. The lowest BCUT2D eigenvalue weighted by molar-refractivity contribution is 0.171. The van der Waals surface area contributed by atoms with Gasteiger partial charge in [0.2, 0.25) is 0 Å². The first-order chi connectivity index (χ1) is 8.24. The number of nitrogen functional groups attached to an aromatic ring is 1. The number of benzene rings is 1. The third-order valence-corrected chi connectivity index (χ3v) is 2.51. The van der Waals surface area contributed by atoms with E-state index in [0.717, 1.165) is 0 Å². The third-order valence-electron chi connectivity index (χ3n) is 2.51. The number of nitrogens with one attached hydrogen (secondary N) is 1. The molecule has 0 atom stereocenters. The number of aromatic amines is 1. The monoisotopic (exact) mass is 233 g/mol. The first-order valence-corrected chi connectivity index (χ1v) is 5.18. The van der Waals surface area contributed by atoms with E-state index in [-0.39, 0.29) is 5.75 Å². The second-order valence-corrected chi connectivity index (χ2v) is 3.72. The fraction of sp³-hybridized carbons (Fsp3) is 0.182. The SMILES string of the molecule is Nc1cc(-c2cc(O)cc3c2OCCO3)[nH]n1. The van der Waals surface area contributed by atoms with Crippen molar-refractivity contribution in [3.8, 4) is 28.5 Å². The van der Waals surface area contributed by atoms with Crippen LogP contribution in [0.3, 0.4) is 0 Å². The minimum Gasteiger partial charge on any atom is -0.508 e. The molecule has 6 nitrogen and oxygen atoms in total. The molecule has 0 bridgehead atoms. The number of aromatic hydroxyl groups is 1. The molecule has 6 heteroatoms. The van der Waals surface area contributed by atoms with Crippen molar-refractivity contribution in [3.05, 3.63) is 18.2 Å². The summed E-state index contributed by atoms with van der Waals surface area (Å²) in [7, 11) is 0. The van der Waals surface area contributed by atoms with Gasteiger partial charge in [0.1, 0.15) is 24.8 Å². The minimum absolute atomic E-state index is 0.109. The van der Waals surface area contributed by atoms with Crippen molar-refractivity contribution in [3.63, 3.8) is 0 Å². The molecule has 3 rings (SSSR count). The summed E-state index contributed by atoms with van der Waals surface area (Å²) in [4.78, 5) is 0. The highest BCUT2D eigenvalue weighted by Gasteiger charge is 2.19. The number of fused-ring (bicyclic) bond motifs is 1. The molecule has 2 heterocycles. The molecule has 0 spiro atoms. The van der Waals surface area contributed by atoms with Gasteiger partial charge in [0, 0.05) is 17.7 Å². The second kappa shape index (κ2) is 3.58. The molecular formula is C11H11N3O3. The van der Waals surface area contributed by atoms with E-state index in [0.29, 0.717) is 41.8 Å². The van der Waals surface area contributed by atoms with Crippen LogP contribution >= 0.6 is 0 Å². The molecule has 0 saturated heterocycles. The van der Waals surface area contributed by atoms with Crippen molar-refractivity contribution in [2.75, 3.05) is 18.9 Å². The van der Waals surface area contributed by atoms with E-state index >= 15 is 0 Å². The highest BCUT2D eigenvalue weighted by atomic mass is 16.6. The van der Waals surface area contributed by atoms with E-state index in [1.54, 1.807) is 12.1 Å². The number of phenolic OH excluding ortho intramolecular Hbond substituents is 1. The summed E-state index contributed by atoms with van der Waals surface area (Å²) in [5.74, 6) is 1.61. The first kappa shape index (κ1) is 9.83. The fourth-order valence-electron chi connectivity index (χ4n) is 1.81. The van der Waals surface area contributed by atoms with Crippen LogP contribution in [0.1, 0.15) is 0 Å². The highest BCUT2D eigenvalue weighted by Crippen LogP contribution is 2.42. The topological polar surface area (TPSA) is 93.4 Å². The lowest BCUT2D eigenvalue weighted by atomic mass is 10.1. The number of rotatable bonds is 1. The summed E-state index contributed by atoms with van der Waals surface area (Å²) in [6.45, 7) is 0.954. The Morgan fingerprint density at radius 2 is 2.06 bits per heavy atom. The van der Waals surface area contributed by atoms with Gasteiger partial charge in [-0.1, -0.05) is 0 Å². The quantitative estimate of drug-likeness (QED) is 0.686. The smallest absolute Gasteiger partial charge is 0.170 e. The summed E-state index contributed by atoms with van der Waals surface area (Å²) < 4.78 is 11.0. The van der Waals surface area contributed by atoms with Gasteiger partial charge in [0.25, 0.3) is 0 Å². The number of nitrogens with two attached hydrogens (primary N) is 1. The number of anilines is 1. The van der Waals surface area contributed by atoms with Crippen molar-refractivity contribution in [2.45, 2.75) is 0 Å². The van der Waals surface area contributed by atoms with Gasteiger partial charge in [-0.2, -0.15) is 5.10 Å². The normalized spacial score (nSPS) is 13.6. The maximum atomic E-state index is 9.64. The van der Waals surface area contributed by atoms with Crippen LogP contribution in [0.4, 0.5) is 5.82 Å². The molecule has 1 aliphatic rings. The van der Waals surface area contributed by atoms with Crippen molar-refractivity contribution >= 4 is 5.82 Å². The molecule has 1 aromatic carbocycles. The molecule has 17 heavy (non-hydrogen) atoms. The lowest BCUT2D eigenvalue weighted by Crippen LogP contribution is -2.15. The van der Waals surface area contributed by atoms with Gasteiger partial charge in [-0.05, 0) is 6.07 Å². The largest absolute Gasteiger partial charge is 0.508 e. The van der Waals surface area contributed by atoms with Crippen molar-refractivity contribution in [2.24, 2.45) is 0 Å². The molecule has 1 aromatic heterocycles. The van der Waals surface area contributed by atoms with E-state index in [9.17, 15) is 5.11 Å². The van der Waals surface area contributed by atoms with E-state index in [2.05, 4.69) is 10.2 Å². The predicted molar refractivity (Wildman–Crippen MR) is 61.1 cm³/mol. The molecule has 0 amide bonds. The molecule has 2 aromatic rings. The van der Waals surface area contributed by atoms with Crippen LogP contribution in [0, 0.1) is 0 Å². The Labute approximate surface area is 97.0 Å². The van der Waals surface area contributed by atoms with Crippen LogP contribution in [0.5, 0.6) is 17.2 Å². The number of hydrogen-bond donors (Lipinski definition) is 3. The van der Waals surface area contributed by atoms with Crippen LogP contribution in [-0.2, 0) is 0 Å². The Balaban J connectivity index is 2.18. The number of phenols is 1. The molecule has 0 aliphatic carbocycles. The van der Waals surface area contributed by atoms with Crippen LogP contribution in [0.2, 0.25) is 0 Å². The van der Waals surface area contributed by atoms with Crippen molar-refractivity contribution in [1.29, 1.82) is 0 Å². The van der Waals surface area contributed by atoms with Gasteiger partial charge in [0.05, 0.1) is 5.69 Å². The summed E-state index contributed by atoms with van der Waals surface area (Å²) >= 11 is 0. The zero-order chi connectivity index (χ0) is 11.8. The number of nitrogens with zero attached hydrogens (tertiary/aromatic N) is 1. The maximum absolute atomic E-state index is 9.64. The van der Waals surface area contributed by atoms with Crippen LogP contribution in [0.25, 0.3) is 11.3 Å². The van der Waals surface area contributed by atoms with Crippen molar-refractivity contribution in [1.82, 2.24) is 10.2 Å². The van der Waals surface area contributed by atoms with Crippen LogP contribution in [0.15, 0.2) is 18.2 Å². The van der Waals surface area contributed by atoms with E-state index in [1.165, 1.54) is 6.07 Å². The average Bonchev–Trinajstić information content (AvgIpc) is 2.74. The first-order valence-electron chi connectivity index (χ1n) is 5.18. The maximum Gasteiger partial charge on any atom is 0.170 e. The standard InChI is InChI=1S/C11H11N3O3/c12-10-5-8(13-14-10)7-3-6(15)4-9-11(7)17-2-1-16-9/h3-5,15H,1-2H2,(H3,12,13,14). The second-order valence-electron chi connectivity index (χ2n) is 3.72. The van der Waals surface area contributed by atoms with Gasteiger partial charge in [0.15, 0.2) is 11.5 Å². The van der Waals surface area contributed by atoms with Gasteiger partial charge < -0.3 is 20.3 Å². The number of ether oxygens (including phenoxy) is 2. The lowest BCUT2D eigenvalue weighted by Gasteiger charge is -2.20. The summed E-state index contributed by atoms with van der Waals surface area (Å²) in [5.41, 5.74) is 6.92. The highest BCUT2D eigenvalue weighted by molar-refractivity contribution is 5.74. The Morgan fingerprint density at radius 1 is 1.24 bits per heavy atom.